The van der Waals surface area contributed by atoms with E-state index >= 15 is 0 Å². The molecular formula is C22H36N2. The summed E-state index contributed by atoms with van der Waals surface area (Å²) in [5.41, 5.74) is 5.76. The standard InChI is InChI=1S/C22H36N2/c1-3-17-15-18(4-2)22(24-20-13-9-6-10-14-20)16-21(17)23-19-11-7-5-8-12-19/h15-16,19-20,23-24H,3-14H2,1-2H3. The maximum Gasteiger partial charge on any atom is 0.0395 e. The molecule has 2 fully saturated rings. The fourth-order valence-electron chi connectivity index (χ4n) is 4.48. The predicted octanol–water partition coefficient (Wildman–Crippen LogP) is 6.30. The van der Waals surface area contributed by atoms with Gasteiger partial charge in [-0.05, 0) is 55.7 Å². The van der Waals surface area contributed by atoms with Crippen LogP contribution in [0.4, 0.5) is 11.4 Å². The average Bonchev–Trinajstić information content (AvgIpc) is 2.64. The minimum Gasteiger partial charge on any atom is -0.382 e. The highest BCUT2D eigenvalue weighted by atomic mass is 14.9. The van der Waals surface area contributed by atoms with Crippen molar-refractivity contribution in [2.75, 3.05) is 10.6 Å². The Balaban J connectivity index is 1.78. The van der Waals surface area contributed by atoms with Gasteiger partial charge in [-0.25, -0.2) is 0 Å². The lowest BCUT2D eigenvalue weighted by Gasteiger charge is -2.28. The van der Waals surface area contributed by atoms with Crippen LogP contribution < -0.4 is 10.6 Å². The Morgan fingerprint density at radius 1 is 0.667 bits per heavy atom. The molecule has 0 aromatic heterocycles. The van der Waals surface area contributed by atoms with Crippen LogP contribution in [0.25, 0.3) is 0 Å². The summed E-state index contributed by atoms with van der Waals surface area (Å²) in [6.45, 7) is 4.57. The molecule has 0 radical (unpaired) electrons. The van der Waals surface area contributed by atoms with Crippen molar-refractivity contribution < 1.29 is 0 Å². The van der Waals surface area contributed by atoms with Gasteiger partial charge in [0, 0.05) is 23.5 Å². The molecule has 24 heavy (non-hydrogen) atoms. The average molecular weight is 329 g/mol. The van der Waals surface area contributed by atoms with Crippen molar-refractivity contribution in [3.8, 4) is 0 Å². The van der Waals surface area contributed by atoms with E-state index in [1.807, 2.05) is 0 Å². The molecule has 0 unspecified atom stereocenters. The zero-order chi connectivity index (χ0) is 16.8. The quantitative estimate of drug-likeness (QED) is 0.640. The topological polar surface area (TPSA) is 24.1 Å². The minimum atomic E-state index is 0.680. The lowest BCUT2D eigenvalue weighted by Crippen LogP contribution is -2.25. The highest BCUT2D eigenvalue weighted by molar-refractivity contribution is 5.66. The third-order valence-corrected chi connectivity index (χ3v) is 6.02. The second-order valence-corrected chi connectivity index (χ2v) is 7.83. The highest BCUT2D eigenvalue weighted by Crippen LogP contribution is 2.31. The second-order valence-electron chi connectivity index (χ2n) is 7.83. The molecule has 2 nitrogen and oxygen atoms in total. The third-order valence-electron chi connectivity index (χ3n) is 6.02. The normalized spacial score (nSPS) is 20.1. The fourth-order valence-corrected chi connectivity index (χ4v) is 4.48. The smallest absolute Gasteiger partial charge is 0.0395 e. The molecule has 2 saturated carbocycles. The Morgan fingerprint density at radius 2 is 1.08 bits per heavy atom. The first-order chi connectivity index (χ1) is 11.8. The van der Waals surface area contributed by atoms with Crippen LogP contribution in [0.15, 0.2) is 12.1 Å². The minimum absolute atomic E-state index is 0.680. The fraction of sp³-hybridized carbons (Fsp3) is 0.727. The number of hydrogen-bond donors (Lipinski definition) is 2. The Hall–Kier alpha value is -1.18. The van der Waals surface area contributed by atoms with Crippen molar-refractivity contribution in [3.63, 3.8) is 0 Å². The molecule has 0 bridgehead atoms. The van der Waals surface area contributed by atoms with Crippen LogP contribution in [0.2, 0.25) is 0 Å². The summed E-state index contributed by atoms with van der Waals surface area (Å²) in [5, 5.41) is 7.78. The lowest BCUT2D eigenvalue weighted by molar-refractivity contribution is 0.461. The Bertz CT molecular complexity index is 468. The molecule has 0 aliphatic heterocycles. The molecule has 2 aliphatic carbocycles. The molecule has 0 atom stereocenters. The number of aryl methyl sites for hydroxylation is 2. The van der Waals surface area contributed by atoms with Crippen LogP contribution >= 0.6 is 0 Å². The van der Waals surface area contributed by atoms with E-state index in [9.17, 15) is 0 Å². The third kappa shape index (κ3) is 4.46. The van der Waals surface area contributed by atoms with Crippen molar-refractivity contribution >= 4 is 11.4 Å². The first-order valence-corrected chi connectivity index (χ1v) is 10.5. The molecule has 1 aromatic carbocycles. The first kappa shape index (κ1) is 17.6. The lowest BCUT2D eigenvalue weighted by atomic mass is 9.93. The summed E-state index contributed by atoms with van der Waals surface area (Å²) in [4.78, 5) is 0. The van der Waals surface area contributed by atoms with E-state index in [1.165, 1.54) is 86.7 Å². The SMILES string of the molecule is CCc1cc(CC)c(NC2CCCCC2)cc1NC1CCCCC1. The van der Waals surface area contributed by atoms with Gasteiger partial charge in [-0.15, -0.1) is 0 Å². The van der Waals surface area contributed by atoms with Crippen LogP contribution in [0, 0.1) is 0 Å². The molecule has 2 aliphatic rings. The van der Waals surface area contributed by atoms with Crippen LogP contribution in [0.5, 0.6) is 0 Å². The summed E-state index contributed by atoms with van der Waals surface area (Å²) in [5.74, 6) is 0. The van der Waals surface area contributed by atoms with E-state index in [0.717, 1.165) is 12.8 Å². The predicted molar refractivity (Wildman–Crippen MR) is 106 cm³/mol. The molecule has 3 rings (SSSR count). The number of benzene rings is 1. The molecule has 1 aromatic rings. The van der Waals surface area contributed by atoms with E-state index in [1.54, 1.807) is 0 Å². The second kappa shape index (κ2) is 8.78. The molecule has 0 heterocycles. The van der Waals surface area contributed by atoms with E-state index in [2.05, 4.69) is 36.6 Å². The van der Waals surface area contributed by atoms with Crippen molar-refractivity contribution in [2.45, 2.75) is 103 Å². The van der Waals surface area contributed by atoms with Crippen molar-refractivity contribution in [2.24, 2.45) is 0 Å². The van der Waals surface area contributed by atoms with Gasteiger partial charge in [-0.1, -0.05) is 58.4 Å². The largest absolute Gasteiger partial charge is 0.382 e. The van der Waals surface area contributed by atoms with Crippen molar-refractivity contribution in [1.29, 1.82) is 0 Å². The van der Waals surface area contributed by atoms with E-state index < -0.39 is 0 Å². The van der Waals surface area contributed by atoms with E-state index in [4.69, 9.17) is 0 Å². The first-order valence-electron chi connectivity index (χ1n) is 10.5. The molecule has 134 valence electrons. The number of anilines is 2. The summed E-state index contributed by atoms with van der Waals surface area (Å²) in [6, 6.07) is 6.25. The highest BCUT2D eigenvalue weighted by Gasteiger charge is 2.18. The molecule has 0 saturated heterocycles. The molecule has 2 N–H and O–H groups in total. The molecule has 0 amide bonds. The zero-order valence-electron chi connectivity index (χ0n) is 15.8. The Labute approximate surface area is 148 Å². The van der Waals surface area contributed by atoms with Crippen LogP contribution in [-0.4, -0.2) is 12.1 Å². The summed E-state index contributed by atoms with van der Waals surface area (Å²) in [7, 11) is 0. The molecule has 2 heteroatoms. The van der Waals surface area contributed by atoms with Gasteiger partial charge in [0.05, 0.1) is 0 Å². The maximum atomic E-state index is 3.89. The van der Waals surface area contributed by atoms with Gasteiger partial charge in [-0.2, -0.15) is 0 Å². The van der Waals surface area contributed by atoms with Gasteiger partial charge in [0.15, 0.2) is 0 Å². The van der Waals surface area contributed by atoms with Gasteiger partial charge in [0.25, 0.3) is 0 Å². The van der Waals surface area contributed by atoms with Crippen molar-refractivity contribution in [3.05, 3.63) is 23.3 Å². The maximum absolute atomic E-state index is 3.89. The number of nitrogens with one attached hydrogen (secondary N) is 2. The molecule has 0 spiro atoms. The zero-order valence-corrected chi connectivity index (χ0v) is 15.8. The van der Waals surface area contributed by atoms with Gasteiger partial charge < -0.3 is 10.6 Å². The molecular weight excluding hydrogens is 292 g/mol. The Kier molecular flexibility index (Phi) is 6.45. The summed E-state index contributed by atoms with van der Waals surface area (Å²) in [6.07, 6.45) is 16.0. The van der Waals surface area contributed by atoms with Gasteiger partial charge in [-0.3, -0.25) is 0 Å². The van der Waals surface area contributed by atoms with Crippen LogP contribution in [0.3, 0.4) is 0 Å². The summed E-state index contributed by atoms with van der Waals surface area (Å²) < 4.78 is 0. The number of hydrogen-bond acceptors (Lipinski definition) is 2. The monoisotopic (exact) mass is 328 g/mol. The van der Waals surface area contributed by atoms with Gasteiger partial charge in [0.1, 0.15) is 0 Å². The summed E-state index contributed by atoms with van der Waals surface area (Å²) >= 11 is 0. The number of rotatable bonds is 6. The van der Waals surface area contributed by atoms with Crippen molar-refractivity contribution in [1.82, 2.24) is 0 Å². The van der Waals surface area contributed by atoms with E-state index in [0.29, 0.717) is 12.1 Å². The van der Waals surface area contributed by atoms with Gasteiger partial charge in [0.2, 0.25) is 0 Å². The van der Waals surface area contributed by atoms with Crippen LogP contribution in [0.1, 0.15) is 89.2 Å². The van der Waals surface area contributed by atoms with Crippen LogP contribution in [-0.2, 0) is 12.8 Å². The van der Waals surface area contributed by atoms with Gasteiger partial charge >= 0.3 is 0 Å². The van der Waals surface area contributed by atoms with E-state index in [-0.39, 0.29) is 0 Å². The Morgan fingerprint density at radius 3 is 1.46 bits per heavy atom.